The van der Waals surface area contributed by atoms with Gasteiger partial charge in [-0.15, -0.1) is 0 Å². The Bertz CT molecular complexity index is 836. The number of rotatable bonds is 10. The van der Waals surface area contributed by atoms with Crippen molar-refractivity contribution < 1.29 is 14.3 Å². The van der Waals surface area contributed by atoms with Crippen LogP contribution in [-0.2, 0) is 11.3 Å². The van der Waals surface area contributed by atoms with Crippen LogP contribution in [0.25, 0.3) is 0 Å². The fourth-order valence-electron chi connectivity index (χ4n) is 2.33. The van der Waals surface area contributed by atoms with E-state index in [1.165, 1.54) is 16.8 Å². The molecule has 1 heterocycles. The van der Waals surface area contributed by atoms with Crippen LogP contribution in [0.3, 0.4) is 0 Å². The summed E-state index contributed by atoms with van der Waals surface area (Å²) in [6.07, 6.45) is 1.03. The van der Waals surface area contributed by atoms with Crippen LogP contribution in [0, 0.1) is 0 Å². The summed E-state index contributed by atoms with van der Waals surface area (Å²) in [5, 5.41) is 9.55. The van der Waals surface area contributed by atoms with Gasteiger partial charge in [0, 0.05) is 25.1 Å². The molecule has 2 rings (SSSR count). The van der Waals surface area contributed by atoms with Gasteiger partial charge in [0.2, 0.25) is 5.91 Å². The van der Waals surface area contributed by atoms with Crippen molar-refractivity contribution in [1.29, 1.82) is 0 Å². The molecular weight excluding hydrogens is 360 g/mol. The first-order valence-corrected chi connectivity index (χ1v) is 9.33. The van der Waals surface area contributed by atoms with Crippen molar-refractivity contribution in [1.82, 2.24) is 20.4 Å². The molecule has 28 heavy (non-hydrogen) atoms. The smallest absolute Gasteiger partial charge is 0.271 e. The van der Waals surface area contributed by atoms with Crippen LogP contribution >= 0.6 is 0 Å². The number of carbonyl (C=O) groups excluding carboxylic acids is 2. The lowest BCUT2D eigenvalue weighted by molar-refractivity contribution is -0.121. The Morgan fingerprint density at radius 3 is 2.64 bits per heavy atom. The molecule has 0 radical (unpaired) electrons. The lowest BCUT2D eigenvalue weighted by atomic mass is 10.2. The highest BCUT2D eigenvalue weighted by Gasteiger charge is 2.11. The predicted octanol–water partition coefficient (Wildman–Crippen LogP) is 1.36. The van der Waals surface area contributed by atoms with Gasteiger partial charge in [-0.3, -0.25) is 14.4 Å². The van der Waals surface area contributed by atoms with E-state index in [-0.39, 0.29) is 49.3 Å². The zero-order valence-electron chi connectivity index (χ0n) is 16.2. The maximum absolute atomic E-state index is 12.2. The zero-order valence-corrected chi connectivity index (χ0v) is 16.2. The largest absolute Gasteiger partial charge is 0.492 e. The lowest BCUT2D eigenvalue weighted by Gasteiger charge is -2.11. The second-order valence-corrected chi connectivity index (χ2v) is 6.32. The molecule has 8 nitrogen and oxygen atoms in total. The lowest BCUT2D eigenvalue weighted by Crippen LogP contribution is -2.36. The zero-order chi connectivity index (χ0) is 20.4. The van der Waals surface area contributed by atoms with Gasteiger partial charge in [-0.1, -0.05) is 25.1 Å². The number of nitrogens with one attached hydrogen (secondary N) is 2. The standard InChI is InChI=1S/C20H26N4O4/c1-3-15(2)22-18(25)11-12-21-20(27)17-9-10-19(26)24(23-17)13-14-28-16-7-5-4-6-8-16/h4-10,15H,3,11-14H2,1-2H3,(H,21,27)(H,22,25). The van der Waals surface area contributed by atoms with Gasteiger partial charge in [-0.25, -0.2) is 4.68 Å². The highest BCUT2D eigenvalue weighted by Crippen LogP contribution is 2.07. The van der Waals surface area contributed by atoms with Gasteiger partial charge < -0.3 is 15.4 Å². The van der Waals surface area contributed by atoms with E-state index >= 15 is 0 Å². The molecule has 150 valence electrons. The second kappa shape index (κ2) is 10.9. The van der Waals surface area contributed by atoms with E-state index < -0.39 is 5.91 Å². The predicted molar refractivity (Wildman–Crippen MR) is 105 cm³/mol. The number of benzene rings is 1. The van der Waals surface area contributed by atoms with Gasteiger partial charge in [0.1, 0.15) is 18.1 Å². The summed E-state index contributed by atoms with van der Waals surface area (Å²) in [5.74, 6) is 0.139. The summed E-state index contributed by atoms with van der Waals surface area (Å²) in [4.78, 5) is 35.9. The summed E-state index contributed by atoms with van der Waals surface area (Å²) < 4.78 is 6.74. The first kappa shape index (κ1) is 21.1. The maximum atomic E-state index is 12.2. The van der Waals surface area contributed by atoms with Gasteiger partial charge in [-0.2, -0.15) is 5.10 Å². The van der Waals surface area contributed by atoms with Crippen LogP contribution in [0.4, 0.5) is 0 Å². The van der Waals surface area contributed by atoms with Crippen LogP contribution in [0.5, 0.6) is 5.75 Å². The quantitative estimate of drug-likeness (QED) is 0.642. The first-order chi connectivity index (χ1) is 13.5. The average Bonchev–Trinajstić information content (AvgIpc) is 2.70. The van der Waals surface area contributed by atoms with Crippen molar-refractivity contribution in [3.05, 3.63) is 58.5 Å². The van der Waals surface area contributed by atoms with Gasteiger partial charge in [0.05, 0.1) is 6.54 Å². The number of para-hydroxylation sites is 1. The van der Waals surface area contributed by atoms with E-state index in [1.807, 2.05) is 44.2 Å². The number of nitrogens with zero attached hydrogens (tertiary/aromatic N) is 2. The number of hydrogen-bond acceptors (Lipinski definition) is 5. The minimum absolute atomic E-state index is 0.103. The van der Waals surface area contributed by atoms with Crippen molar-refractivity contribution >= 4 is 11.8 Å². The fourth-order valence-corrected chi connectivity index (χ4v) is 2.33. The number of amides is 2. The molecule has 1 unspecified atom stereocenters. The molecular formula is C20H26N4O4. The molecule has 1 aromatic carbocycles. The molecule has 0 fully saturated rings. The Hall–Kier alpha value is -3.16. The summed E-state index contributed by atoms with van der Waals surface area (Å²) in [6, 6.07) is 12.0. The van der Waals surface area contributed by atoms with E-state index in [4.69, 9.17) is 4.74 Å². The first-order valence-electron chi connectivity index (χ1n) is 9.33. The third kappa shape index (κ3) is 6.86. The SMILES string of the molecule is CCC(C)NC(=O)CCNC(=O)c1ccc(=O)n(CCOc2ccccc2)n1. The molecule has 0 aliphatic carbocycles. The van der Waals surface area contributed by atoms with Gasteiger partial charge >= 0.3 is 0 Å². The highest BCUT2D eigenvalue weighted by atomic mass is 16.5. The molecule has 2 aromatic rings. The Kier molecular flexibility index (Phi) is 8.20. The molecule has 0 aliphatic heterocycles. The average molecular weight is 386 g/mol. The van der Waals surface area contributed by atoms with Crippen LogP contribution < -0.4 is 20.9 Å². The van der Waals surface area contributed by atoms with E-state index in [2.05, 4.69) is 15.7 Å². The van der Waals surface area contributed by atoms with Crippen molar-refractivity contribution in [2.75, 3.05) is 13.2 Å². The van der Waals surface area contributed by atoms with Gasteiger partial charge in [-0.05, 0) is 31.5 Å². The fraction of sp³-hybridized carbons (Fsp3) is 0.400. The van der Waals surface area contributed by atoms with Crippen molar-refractivity contribution in [2.45, 2.75) is 39.3 Å². The highest BCUT2D eigenvalue weighted by molar-refractivity contribution is 5.92. The van der Waals surface area contributed by atoms with Crippen molar-refractivity contribution in [2.24, 2.45) is 0 Å². The van der Waals surface area contributed by atoms with E-state index in [1.54, 1.807) is 0 Å². The third-order valence-electron chi connectivity index (χ3n) is 4.07. The molecule has 8 heteroatoms. The van der Waals surface area contributed by atoms with E-state index in [0.717, 1.165) is 6.42 Å². The number of ether oxygens (including phenoxy) is 1. The van der Waals surface area contributed by atoms with Crippen LogP contribution in [0.1, 0.15) is 37.2 Å². The minimum Gasteiger partial charge on any atom is -0.492 e. The topological polar surface area (TPSA) is 102 Å². The number of aromatic nitrogens is 2. The summed E-state index contributed by atoms with van der Waals surface area (Å²) in [7, 11) is 0. The maximum Gasteiger partial charge on any atom is 0.271 e. The van der Waals surface area contributed by atoms with Gasteiger partial charge in [0.15, 0.2) is 0 Å². The molecule has 0 bridgehead atoms. The van der Waals surface area contributed by atoms with Crippen molar-refractivity contribution in [3.8, 4) is 5.75 Å². The monoisotopic (exact) mass is 386 g/mol. The Balaban J connectivity index is 1.84. The molecule has 0 saturated carbocycles. The molecule has 0 saturated heterocycles. The molecule has 2 N–H and O–H groups in total. The van der Waals surface area contributed by atoms with Crippen LogP contribution in [0.2, 0.25) is 0 Å². The van der Waals surface area contributed by atoms with Crippen LogP contribution in [0.15, 0.2) is 47.3 Å². The molecule has 0 spiro atoms. The summed E-state index contributed by atoms with van der Waals surface area (Å²) >= 11 is 0. The van der Waals surface area contributed by atoms with E-state index in [0.29, 0.717) is 5.75 Å². The Morgan fingerprint density at radius 1 is 1.18 bits per heavy atom. The van der Waals surface area contributed by atoms with Crippen LogP contribution in [-0.4, -0.2) is 40.8 Å². The van der Waals surface area contributed by atoms with E-state index in [9.17, 15) is 14.4 Å². The molecule has 1 atom stereocenters. The number of hydrogen-bond donors (Lipinski definition) is 2. The molecule has 0 aliphatic rings. The second-order valence-electron chi connectivity index (χ2n) is 6.32. The molecule has 2 amide bonds. The summed E-state index contributed by atoms with van der Waals surface area (Å²) in [5.41, 5.74) is -0.206. The van der Waals surface area contributed by atoms with Crippen molar-refractivity contribution in [3.63, 3.8) is 0 Å². The van der Waals surface area contributed by atoms with Gasteiger partial charge in [0.25, 0.3) is 11.5 Å². The number of carbonyl (C=O) groups is 2. The Labute approximate surface area is 163 Å². The minimum atomic E-state index is -0.436. The summed E-state index contributed by atoms with van der Waals surface area (Å²) in [6.45, 7) is 4.56. The molecule has 1 aromatic heterocycles. The third-order valence-corrected chi connectivity index (χ3v) is 4.07. The normalized spacial score (nSPS) is 11.5. The Morgan fingerprint density at radius 2 is 1.93 bits per heavy atom.